The molecule has 1 N–H and O–H groups in total. The van der Waals surface area contributed by atoms with E-state index in [0.717, 1.165) is 4.90 Å². The van der Waals surface area contributed by atoms with Crippen LogP contribution in [-0.4, -0.2) is 42.1 Å². The number of carbonyl (C=O) groups is 4. The number of fused-ring (bicyclic) bond motifs is 1. The first-order chi connectivity index (χ1) is 16.9. The van der Waals surface area contributed by atoms with Gasteiger partial charge in [0, 0.05) is 11.1 Å². The lowest BCUT2D eigenvalue weighted by Gasteiger charge is -2.28. The van der Waals surface area contributed by atoms with Crippen molar-refractivity contribution in [2.24, 2.45) is 0 Å². The molecular formula is C27H21NO7. The Morgan fingerprint density at radius 1 is 0.886 bits per heavy atom. The number of esters is 1. The molecule has 0 saturated carbocycles. The summed E-state index contributed by atoms with van der Waals surface area (Å²) in [6, 6.07) is 19.5. The normalized spacial score (nSPS) is 14.0. The van der Waals surface area contributed by atoms with Crippen LogP contribution in [0.2, 0.25) is 0 Å². The molecule has 0 saturated heterocycles. The summed E-state index contributed by atoms with van der Waals surface area (Å²) in [7, 11) is 0. The van der Waals surface area contributed by atoms with E-state index in [4.69, 9.17) is 14.6 Å². The second-order valence-electron chi connectivity index (χ2n) is 7.57. The van der Waals surface area contributed by atoms with Crippen LogP contribution in [0.4, 0.5) is 5.69 Å². The molecule has 35 heavy (non-hydrogen) atoms. The largest absolute Gasteiger partial charge is 0.482 e. The zero-order valence-electron chi connectivity index (χ0n) is 18.8. The molecule has 0 fully saturated rings. The van der Waals surface area contributed by atoms with Gasteiger partial charge in [-0.1, -0.05) is 30.3 Å². The fraction of sp³-hybridized carbons (Fsp3) is 0.111. The Bertz CT molecular complexity index is 1320. The van der Waals surface area contributed by atoms with E-state index in [-0.39, 0.29) is 6.61 Å². The summed E-state index contributed by atoms with van der Waals surface area (Å²) in [6.45, 7) is 1.48. The number of anilines is 1. The van der Waals surface area contributed by atoms with Crippen LogP contribution in [0.1, 0.15) is 38.8 Å². The van der Waals surface area contributed by atoms with Crippen LogP contribution in [0.25, 0.3) is 11.6 Å². The first-order valence-electron chi connectivity index (χ1n) is 10.8. The molecule has 0 bridgehead atoms. The molecule has 8 nitrogen and oxygen atoms in total. The van der Waals surface area contributed by atoms with Crippen molar-refractivity contribution in [2.45, 2.75) is 6.92 Å². The van der Waals surface area contributed by atoms with Gasteiger partial charge in [-0.2, -0.15) is 0 Å². The van der Waals surface area contributed by atoms with Gasteiger partial charge >= 0.3 is 11.9 Å². The molecule has 0 aromatic heterocycles. The molecule has 8 heteroatoms. The number of aliphatic carboxylic acids is 1. The van der Waals surface area contributed by atoms with Crippen LogP contribution in [-0.2, 0) is 14.3 Å². The van der Waals surface area contributed by atoms with Gasteiger partial charge in [0.1, 0.15) is 5.75 Å². The maximum absolute atomic E-state index is 13.5. The number of ether oxygens (including phenoxy) is 2. The molecule has 0 unspecified atom stereocenters. The van der Waals surface area contributed by atoms with Crippen molar-refractivity contribution in [3.63, 3.8) is 0 Å². The Labute approximate surface area is 201 Å². The molecule has 1 heterocycles. The first kappa shape index (κ1) is 23.4. The summed E-state index contributed by atoms with van der Waals surface area (Å²) < 4.78 is 10.1. The number of imide groups is 1. The van der Waals surface area contributed by atoms with Crippen molar-refractivity contribution >= 4 is 41.1 Å². The molecule has 176 valence electrons. The summed E-state index contributed by atoms with van der Waals surface area (Å²) in [5, 5.41) is 8.75. The van der Waals surface area contributed by atoms with Crippen LogP contribution < -0.4 is 9.64 Å². The first-order valence-corrected chi connectivity index (χ1v) is 10.8. The maximum Gasteiger partial charge on any atom is 0.341 e. The SMILES string of the molecule is CCOC(=O)c1ccc(N2C(=O)/C(=C\c3ccc(OCC(=O)O)cc3)c3ccccc3C2=O)cc1. The monoisotopic (exact) mass is 471 g/mol. The molecule has 2 amide bonds. The summed E-state index contributed by atoms with van der Waals surface area (Å²) in [5.41, 5.74) is 2.49. The van der Waals surface area contributed by atoms with Crippen molar-refractivity contribution < 1.29 is 33.8 Å². The molecule has 0 radical (unpaired) electrons. The highest BCUT2D eigenvalue weighted by atomic mass is 16.5. The van der Waals surface area contributed by atoms with Crippen LogP contribution in [0.5, 0.6) is 5.75 Å². The minimum Gasteiger partial charge on any atom is -0.482 e. The summed E-state index contributed by atoms with van der Waals surface area (Å²) in [6.07, 6.45) is 1.66. The third-order valence-electron chi connectivity index (χ3n) is 5.27. The molecule has 0 spiro atoms. The minimum atomic E-state index is -1.08. The van der Waals surface area contributed by atoms with Gasteiger partial charge in [0.2, 0.25) is 0 Å². The lowest BCUT2D eigenvalue weighted by atomic mass is 9.91. The van der Waals surface area contributed by atoms with Gasteiger partial charge in [-0.15, -0.1) is 0 Å². The molecule has 3 aromatic rings. The maximum atomic E-state index is 13.5. The number of carboxylic acid groups (broad SMARTS) is 1. The van der Waals surface area contributed by atoms with Gasteiger partial charge in [0.05, 0.1) is 17.9 Å². The van der Waals surface area contributed by atoms with Crippen LogP contribution in [0.15, 0.2) is 72.8 Å². The number of carbonyl (C=O) groups excluding carboxylic acids is 3. The van der Waals surface area contributed by atoms with Gasteiger partial charge in [0.15, 0.2) is 6.61 Å². The predicted molar refractivity (Wildman–Crippen MR) is 128 cm³/mol. The Hall–Kier alpha value is -4.72. The number of nitrogens with zero attached hydrogens (tertiary/aromatic N) is 1. The summed E-state index contributed by atoms with van der Waals surface area (Å²) in [5.74, 6) is -2.17. The Balaban J connectivity index is 1.70. The van der Waals surface area contributed by atoms with Gasteiger partial charge in [0.25, 0.3) is 11.8 Å². The molecule has 1 aliphatic heterocycles. The highest BCUT2D eigenvalue weighted by Crippen LogP contribution is 2.33. The van der Waals surface area contributed by atoms with Crippen LogP contribution in [0.3, 0.4) is 0 Å². The topological polar surface area (TPSA) is 110 Å². The second-order valence-corrected chi connectivity index (χ2v) is 7.57. The molecule has 3 aromatic carbocycles. The summed E-state index contributed by atoms with van der Waals surface area (Å²) in [4.78, 5) is 50.5. The van der Waals surface area contributed by atoms with Crippen LogP contribution in [0, 0.1) is 0 Å². The lowest BCUT2D eigenvalue weighted by molar-refractivity contribution is -0.139. The highest BCUT2D eigenvalue weighted by Gasteiger charge is 2.35. The van der Waals surface area contributed by atoms with Gasteiger partial charge < -0.3 is 14.6 Å². The average molecular weight is 471 g/mol. The van der Waals surface area contributed by atoms with Gasteiger partial charge in [-0.25, -0.2) is 14.5 Å². The van der Waals surface area contributed by atoms with E-state index in [1.807, 2.05) is 0 Å². The smallest absolute Gasteiger partial charge is 0.341 e. The van der Waals surface area contributed by atoms with Gasteiger partial charge in [-0.3, -0.25) is 9.59 Å². The number of hydrogen-bond donors (Lipinski definition) is 1. The van der Waals surface area contributed by atoms with E-state index in [2.05, 4.69) is 0 Å². The molecule has 4 rings (SSSR count). The van der Waals surface area contributed by atoms with E-state index in [0.29, 0.717) is 39.3 Å². The van der Waals surface area contributed by atoms with Gasteiger partial charge in [-0.05, 0) is 66.6 Å². The Morgan fingerprint density at radius 2 is 1.54 bits per heavy atom. The summed E-state index contributed by atoms with van der Waals surface area (Å²) >= 11 is 0. The van der Waals surface area contributed by atoms with Crippen LogP contribution >= 0.6 is 0 Å². The number of benzene rings is 3. The standard InChI is InChI=1S/C27H21NO7/c1-2-34-27(33)18-9-11-19(12-10-18)28-25(31)22-6-4-3-5-21(22)23(26(28)32)15-17-7-13-20(14-8-17)35-16-24(29)30/h3-15H,2,16H2,1H3,(H,29,30)/b23-15-. The third-order valence-corrected chi connectivity index (χ3v) is 5.27. The van der Waals surface area contributed by atoms with E-state index >= 15 is 0 Å². The fourth-order valence-electron chi connectivity index (χ4n) is 3.66. The molecule has 1 aliphatic rings. The molecule has 0 aliphatic carbocycles. The van der Waals surface area contributed by atoms with Crippen molar-refractivity contribution in [1.29, 1.82) is 0 Å². The lowest BCUT2D eigenvalue weighted by Crippen LogP contribution is -2.41. The minimum absolute atomic E-state index is 0.237. The number of carboxylic acids is 1. The van der Waals surface area contributed by atoms with Crippen molar-refractivity contribution in [2.75, 3.05) is 18.1 Å². The second kappa shape index (κ2) is 10.0. The van der Waals surface area contributed by atoms with E-state index < -0.39 is 30.4 Å². The Morgan fingerprint density at radius 3 is 2.17 bits per heavy atom. The highest BCUT2D eigenvalue weighted by molar-refractivity contribution is 6.43. The van der Waals surface area contributed by atoms with Crippen molar-refractivity contribution in [3.05, 3.63) is 95.1 Å². The molecule has 0 atom stereocenters. The van der Waals surface area contributed by atoms with E-state index in [1.54, 1.807) is 61.5 Å². The van der Waals surface area contributed by atoms with E-state index in [9.17, 15) is 19.2 Å². The zero-order valence-corrected chi connectivity index (χ0v) is 18.8. The van der Waals surface area contributed by atoms with E-state index in [1.165, 1.54) is 24.3 Å². The Kier molecular flexibility index (Phi) is 6.73. The number of amides is 2. The quantitative estimate of drug-likeness (QED) is 0.314. The molecular weight excluding hydrogens is 450 g/mol. The number of hydrogen-bond acceptors (Lipinski definition) is 6. The number of rotatable bonds is 7. The average Bonchev–Trinajstić information content (AvgIpc) is 2.86. The fourth-order valence-corrected chi connectivity index (χ4v) is 3.66. The van der Waals surface area contributed by atoms with Crippen molar-refractivity contribution in [3.8, 4) is 5.75 Å². The third kappa shape index (κ3) is 4.96. The van der Waals surface area contributed by atoms with Crippen molar-refractivity contribution in [1.82, 2.24) is 0 Å². The predicted octanol–water partition coefficient (Wildman–Crippen LogP) is 4.05. The zero-order chi connectivity index (χ0) is 24.9.